The standard InChI is InChI=1S/C23H24N2O3S/c1-3-20(19-7-5-4-6-8-19)22(27)28-16-21(26)24-23-25(13-14-29-23)15-18-11-9-17(2)10-12-18/h4-14,20H,3,15-16H2,1-2H3/t20-/m0/s1. The number of rotatable bonds is 7. The highest BCUT2D eigenvalue weighted by atomic mass is 32.1. The number of carbonyl (C=O) groups excluding carboxylic acids is 2. The Hall–Kier alpha value is -2.99. The molecule has 0 N–H and O–H groups in total. The van der Waals surface area contributed by atoms with Crippen LogP contribution in [0.15, 0.2) is 71.2 Å². The molecule has 2 aromatic carbocycles. The van der Waals surface area contributed by atoms with Gasteiger partial charge in [-0.3, -0.25) is 9.59 Å². The van der Waals surface area contributed by atoms with E-state index in [0.717, 1.165) is 11.1 Å². The Morgan fingerprint density at radius 3 is 2.52 bits per heavy atom. The molecule has 0 aliphatic heterocycles. The van der Waals surface area contributed by atoms with Crippen molar-refractivity contribution in [3.05, 3.63) is 87.7 Å². The normalized spacial score (nSPS) is 12.6. The Labute approximate surface area is 174 Å². The van der Waals surface area contributed by atoms with Crippen molar-refractivity contribution < 1.29 is 14.3 Å². The number of aromatic nitrogens is 1. The van der Waals surface area contributed by atoms with Crippen molar-refractivity contribution in [2.75, 3.05) is 6.61 Å². The van der Waals surface area contributed by atoms with Gasteiger partial charge in [-0.05, 0) is 24.5 Å². The molecule has 6 heteroatoms. The van der Waals surface area contributed by atoms with Gasteiger partial charge in [0.05, 0.1) is 5.92 Å². The van der Waals surface area contributed by atoms with Crippen molar-refractivity contribution in [3.8, 4) is 0 Å². The average molecular weight is 409 g/mol. The monoisotopic (exact) mass is 408 g/mol. The molecule has 1 amide bonds. The van der Waals surface area contributed by atoms with E-state index in [0.29, 0.717) is 17.8 Å². The average Bonchev–Trinajstić information content (AvgIpc) is 3.16. The minimum absolute atomic E-state index is 0.357. The molecule has 3 rings (SSSR count). The van der Waals surface area contributed by atoms with Crippen molar-refractivity contribution in [2.45, 2.75) is 32.7 Å². The van der Waals surface area contributed by atoms with Crippen molar-refractivity contribution in [1.82, 2.24) is 4.57 Å². The SMILES string of the molecule is CC[C@H](C(=O)OCC(=O)N=c1sccn1Cc1ccc(C)cc1)c1ccccc1. The number of hydrogen-bond donors (Lipinski definition) is 0. The molecule has 1 atom stereocenters. The Morgan fingerprint density at radius 1 is 1.10 bits per heavy atom. The number of aryl methyl sites for hydroxylation is 1. The third-order valence-corrected chi connectivity index (χ3v) is 5.38. The van der Waals surface area contributed by atoms with Crippen LogP contribution >= 0.6 is 11.3 Å². The van der Waals surface area contributed by atoms with Gasteiger partial charge in [0.25, 0.3) is 5.91 Å². The lowest BCUT2D eigenvalue weighted by Crippen LogP contribution is -2.22. The Balaban J connectivity index is 1.63. The van der Waals surface area contributed by atoms with E-state index in [-0.39, 0.29) is 12.5 Å². The van der Waals surface area contributed by atoms with Crippen LogP contribution in [0.2, 0.25) is 0 Å². The van der Waals surface area contributed by atoms with Crippen LogP contribution in [0.1, 0.15) is 36.0 Å². The molecule has 1 heterocycles. The van der Waals surface area contributed by atoms with Gasteiger partial charge in [-0.25, -0.2) is 0 Å². The van der Waals surface area contributed by atoms with Gasteiger partial charge in [0.2, 0.25) is 0 Å². The number of carbonyl (C=O) groups is 2. The van der Waals surface area contributed by atoms with Crippen LogP contribution < -0.4 is 4.80 Å². The van der Waals surface area contributed by atoms with Crippen molar-refractivity contribution in [1.29, 1.82) is 0 Å². The maximum absolute atomic E-state index is 12.4. The van der Waals surface area contributed by atoms with Crippen molar-refractivity contribution in [2.24, 2.45) is 4.99 Å². The summed E-state index contributed by atoms with van der Waals surface area (Å²) in [6.45, 7) is 4.24. The van der Waals surface area contributed by atoms with Crippen LogP contribution in [0.3, 0.4) is 0 Å². The highest BCUT2D eigenvalue weighted by molar-refractivity contribution is 7.07. The van der Waals surface area contributed by atoms with Gasteiger partial charge in [-0.1, -0.05) is 67.1 Å². The Bertz CT molecular complexity index is 1020. The smallest absolute Gasteiger partial charge is 0.313 e. The van der Waals surface area contributed by atoms with E-state index >= 15 is 0 Å². The number of nitrogens with zero attached hydrogens (tertiary/aromatic N) is 2. The van der Waals surface area contributed by atoms with Crippen LogP contribution in [-0.4, -0.2) is 23.1 Å². The molecule has 0 fully saturated rings. The molecule has 0 aliphatic carbocycles. The Kier molecular flexibility index (Phi) is 7.14. The molecule has 3 aromatic rings. The molecule has 0 bridgehead atoms. The predicted molar refractivity (Wildman–Crippen MR) is 114 cm³/mol. The van der Waals surface area contributed by atoms with E-state index < -0.39 is 11.9 Å². The van der Waals surface area contributed by atoms with Gasteiger partial charge >= 0.3 is 5.97 Å². The second-order valence-corrected chi connectivity index (χ2v) is 7.66. The van der Waals surface area contributed by atoms with Crippen molar-refractivity contribution in [3.63, 3.8) is 0 Å². The maximum Gasteiger partial charge on any atom is 0.313 e. The Morgan fingerprint density at radius 2 is 1.83 bits per heavy atom. The van der Waals surface area contributed by atoms with E-state index in [4.69, 9.17) is 4.74 Å². The number of amides is 1. The van der Waals surface area contributed by atoms with Crippen molar-refractivity contribution >= 4 is 23.2 Å². The zero-order chi connectivity index (χ0) is 20.6. The first-order valence-electron chi connectivity index (χ1n) is 9.55. The first kappa shape index (κ1) is 20.7. The van der Waals surface area contributed by atoms with Gasteiger partial charge in [0, 0.05) is 18.1 Å². The zero-order valence-corrected chi connectivity index (χ0v) is 17.4. The van der Waals surface area contributed by atoms with Gasteiger partial charge in [-0.15, -0.1) is 11.3 Å². The van der Waals surface area contributed by atoms with Crippen LogP contribution in [-0.2, 0) is 20.9 Å². The maximum atomic E-state index is 12.4. The summed E-state index contributed by atoms with van der Waals surface area (Å²) in [5.74, 6) is -1.25. The molecule has 0 unspecified atom stereocenters. The lowest BCUT2D eigenvalue weighted by Gasteiger charge is -2.13. The van der Waals surface area contributed by atoms with E-state index in [9.17, 15) is 9.59 Å². The van der Waals surface area contributed by atoms with Gasteiger partial charge in [-0.2, -0.15) is 4.99 Å². The second kappa shape index (κ2) is 9.98. The van der Waals surface area contributed by atoms with Gasteiger partial charge in [0.1, 0.15) is 0 Å². The molecule has 150 valence electrons. The fourth-order valence-corrected chi connectivity index (χ4v) is 3.74. The van der Waals surface area contributed by atoms with E-state index in [1.54, 1.807) is 0 Å². The first-order chi connectivity index (χ1) is 14.1. The largest absolute Gasteiger partial charge is 0.455 e. The summed E-state index contributed by atoms with van der Waals surface area (Å²) in [5, 5.41) is 1.88. The summed E-state index contributed by atoms with van der Waals surface area (Å²) in [7, 11) is 0. The number of benzene rings is 2. The van der Waals surface area contributed by atoms with E-state index in [1.807, 2.05) is 60.3 Å². The van der Waals surface area contributed by atoms with Crippen LogP contribution in [0.5, 0.6) is 0 Å². The zero-order valence-electron chi connectivity index (χ0n) is 16.6. The van der Waals surface area contributed by atoms with E-state index in [2.05, 4.69) is 29.3 Å². The molecule has 0 saturated heterocycles. The number of thiazole rings is 1. The summed E-state index contributed by atoms with van der Waals surface area (Å²) < 4.78 is 7.16. The number of esters is 1. The molecule has 0 radical (unpaired) electrons. The number of hydrogen-bond acceptors (Lipinski definition) is 4. The molecule has 1 aromatic heterocycles. The fraction of sp³-hybridized carbons (Fsp3) is 0.261. The second-order valence-electron chi connectivity index (χ2n) is 6.78. The predicted octanol–water partition coefficient (Wildman–Crippen LogP) is 4.07. The lowest BCUT2D eigenvalue weighted by atomic mass is 9.97. The lowest BCUT2D eigenvalue weighted by molar-refractivity contribution is -0.149. The van der Waals surface area contributed by atoms with Gasteiger partial charge < -0.3 is 9.30 Å². The summed E-state index contributed by atoms with van der Waals surface area (Å²) in [6, 6.07) is 17.7. The third kappa shape index (κ3) is 5.74. The fourth-order valence-electron chi connectivity index (χ4n) is 2.99. The quantitative estimate of drug-likeness (QED) is 0.554. The molecule has 0 aliphatic rings. The third-order valence-electron chi connectivity index (χ3n) is 4.59. The summed E-state index contributed by atoms with van der Waals surface area (Å²) in [6.07, 6.45) is 2.50. The summed E-state index contributed by atoms with van der Waals surface area (Å²) in [4.78, 5) is 29.4. The number of ether oxygens (including phenoxy) is 1. The summed E-state index contributed by atoms with van der Waals surface area (Å²) >= 11 is 1.38. The van der Waals surface area contributed by atoms with Crippen LogP contribution in [0.25, 0.3) is 0 Å². The van der Waals surface area contributed by atoms with Crippen LogP contribution in [0.4, 0.5) is 0 Å². The molecular formula is C23H24N2O3S. The minimum Gasteiger partial charge on any atom is -0.455 e. The summed E-state index contributed by atoms with van der Waals surface area (Å²) in [5.41, 5.74) is 3.22. The molecule has 0 spiro atoms. The highest BCUT2D eigenvalue weighted by Gasteiger charge is 2.20. The minimum atomic E-state index is -0.471. The van der Waals surface area contributed by atoms with Crippen LogP contribution in [0, 0.1) is 6.92 Å². The van der Waals surface area contributed by atoms with Gasteiger partial charge in [0.15, 0.2) is 11.4 Å². The first-order valence-corrected chi connectivity index (χ1v) is 10.4. The molecule has 5 nitrogen and oxygen atoms in total. The van der Waals surface area contributed by atoms with E-state index in [1.165, 1.54) is 16.9 Å². The highest BCUT2D eigenvalue weighted by Crippen LogP contribution is 2.20. The molecular weight excluding hydrogens is 384 g/mol. The molecule has 29 heavy (non-hydrogen) atoms. The molecule has 0 saturated carbocycles. The topological polar surface area (TPSA) is 60.7 Å².